The summed E-state index contributed by atoms with van der Waals surface area (Å²) in [6, 6.07) is 10.3. The number of aromatic nitrogens is 1. The maximum Gasteiger partial charge on any atom is 0.329 e. The first-order valence-electron chi connectivity index (χ1n) is 9.69. The minimum absolute atomic E-state index is 0.159. The molecule has 0 saturated carbocycles. The summed E-state index contributed by atoms with van der Waals surface area (Å²) in [4.78, 5) is 17.0. The molecular formula is C22H21N3OS2. The number of urea groups is 1. The van der Waals surface area contributed by atoms with Gasteiger partial charge in [-0.1, -0.05) is 18.2 Å². The molecule has 0 spiro atoms. The van der Waals surface area contributed by atoms with Crippen molar-refractivity contribution in [2.45, 2.75) is 38.5 Å². The van der Waals surface area contributed by atoms with Crippen LogP contribution in [0.2, 0.25) is 0 Å². The topological polar surface area (TPSA) is 54.0 Å². The van der Waals surface area contributed by atoms with Crippen LogP contribution < -0.4 is 10.0 Å². The molecule has 4 nitrogen and oxygen atoms in total. The number of amides is 2. The molecule has 2 N–H and O–H groups in total. The number of benzene rings is 2. The van der Waals surface area contributed by atoms with Crippen LogP contribution in [0.5, 0.6) is 0 Å². The molecule has 28 heavy (non-hydrogen) atoms. The second kappa shape index (κ2) is 7.60. The molecule has 2 aromatic carbocycles. The van der Waals surface area contributed by atoms with Crippen molar-refractivity contribution in [1.29, 1.82) is 0 Å². The maximum absolute atomic E-state index is 12.5. The van der Waals surface area contributed by atoms with Gasteiger partial charge in [-0.05, 0) is 96.3 Å². The average molecular weight is 408 g/mol. The number of rotatable bonds is 4. The average Bonchev–Trinajstić information content (AvgIpc) is 3.43. The highest BCUT2D eigenvalue weighted by molar-refractivity contribution is 8.00. The maximum atomic E-state index is 12.5. The van der Waals surface area contributed by atoms with Gasteiger partial charge in [0.05, 0.1) is 10.2 Å². The summed E-state index contributed by atoms with van der Waals surface area (Å²) in [6.07, 6.45) is 8.73. The van der Waals surface area contributed by atoms with Crippen LogP contribution in [0.3, 0.4) is 0 Å². The Labute approximate surface area is 172 Å². The smallest absolute Gasteiger partial charge is 0.307 e. The number of aryl methyl sites for hydroxylation is 2. The van der Waals surface area contributed by atoms with E-state index < -0.39 is 0 Å². The molecule has 142 valence electrons. The van der Waals surface area contributed by atoms with Crippen molar-refractivity contribution in [2.24, 2.45) is 0 Å². The number of carbonyl (C=O) groups is 1. The predicted octanol–water partition coefficient (Wildman–Crippen LogP) is 5.71. The minimum atomic E-state index is -0.159. The van der Waals surface area contributed by atoms with Gasteiger partial charge < -0.3 is 5.32 Å². The Bertz CT molecular complexity index is 1020. The Hall–Kier alpha value is -2.31. The molecule has 3 aromatic rings. The summed E-state index contributed by atoms with van der Waals surface area (Å²) in [5.74, 6) is 0. The van der Waals surface area contributed by atoms with Gasteiger partial charge >= 0.3 is 6.03 Å². The monoisotopic (exact) mass is 407 g/mol. The number of nitrogens with one attached hydrogen (secondary N) is 2. The van der Waals surface area contributed by atoms with Crippen molar-refractivity contribution in [2.75, 3.05) is 5.32 Å². The zero-order valence-corrected chi connectivity index (χ0v) is 17.1. The molecule has 0 atom stereocenters. The van der Waals surface area contributed by atoms with Gasteiger partial charge in [0, 0.05) is 5.69 Å². The Morgan fingerprint density at radius 3 is 2.57 bits per heavy atom. The van der Waals surface area contributed by atoms with E-state index in [0.29, 0.717) is 0 Å². The lowest BCUT2D eigenvalue weighted by atomic mass is 9.99. The van der Waals surface area contributed by atoms with Gasteiger partial charge in [0.2, 0.25) is 0 Å². The van der Waals surface area contributed by atoms with Crippen molar-refractivity contribution in [3.8, 4) is 0 Å². The zero-order valence-electron chi connectivity index (χ0n) is 15.5. The summed E-state index contributed by atoms with van der Waals surface area (Å²) >= 11 is 2.92. The van der Waals surface area contributed by atoms with Crippen LogP contribution in [-0.4, -0.2) is 11.0 Å². The normalized spacial score (nSPS) is 15.1. The number of hydrogen-bond donors (Lipinski definition) is 2. The Balaban J connectivity index is 1.24. The van der Waals surface area contributed by atoms with Gasteiger partial charge in [-0.15, -0.1) is 11.3 Å². The Morgan fingerprint density at radius 2 is 1.82 bits per heavy atom. The zero-order chi connectivity index (χ0) is 18.9. The highest BCUT2D eigenvalue weighted by Gasteiger charge is 2.24. The molecule has 0 aliphatic heterocycles. The van der Waals surface area contributed by atoms with Crippen molar-refractivity contribution < 1.29 is 4.79 Å². The molecule has 2 aliphatic rings. The lowest BCUT2D eigenvalue weighted by Crippen LogP contribution is -2.23. The Morgan fingerprint density at radius 1 is 1.07 bits per heavy atom. The van der Waals surface area contributed by atoms with E-state index in [4.69, 9.17) is 0 Å². The minimum Gasteiger partial charge on any atom is -0.307 e. The van der Waals surface area contributed by atoms with Crippen molar-refractivity contribution >= 4 is 51.3 Å². The summed E-state index contributed by atoms with van der Waals surface area (Å²) < 4.78 is 4.05. The van der Waals surface area contributed by atoms with E-state index in [1.165, 1.54) is 51.7 Å². The van der Waals surface area contributed by atoms with Gasteiger partial charge in [-0.25, -0.2) is 9.78 Å². The summed E-state index contributed by atoms with van der Waals surface area (Å²) in [7, 11) is 0. The second-order valence-corrected chi connectivity index (χ2v) is 9.00. The van der Waals surface area contributed by atoms with E-state index in [2.05, 4.69) is 27.2 Å². The quantitative estimate of drug-likeness (QED) is 0.544. The molecular weight excluding hydrogens is 386 g/mol. The van der Waals surface area contributed by atoms with Crippen LogP contribution in [0.4, 0.5) is 10.5 Å². The SMILES string of the molecule is O=C(NS/C=C/c1nc2ccccc2s1)Nc1c2c(cc3c1CCC3)CCC2. The van der Waals surface area contributed by atoms with Crippen molar-refractivity contribution in [1.82, 2.24) is 9.71 Å². The number of fused-ring (bicyclic) bond motifs is 3. The molecule has 2 aliphatic carbocycles. The molecule has 2 amide bonds. The van der Waals surface area contributed by atoms with Gasteiger partial charge in [-0.2, -0.15) is 0 Å². The second-order valence-electron chi connectivity index (χ2n) is 7.23. The van der Waals surface area contributed by atoms with Crippen molar-refractivity contribution in [3.63, 3.8) is 0 Å². The predicted molar refractivity (Wildman–Crippen MR) is 119 cm³/mol. The molecule has 1 heterocycles. The molecule has 0 radical (unpaired) electrons. The highest BCUT2D eigenvalue weighted by atomic mass is 32.2. The van der Waals surface area contributed by atoms with Gasteiger partial charge in [-0.3, -0.25) is 4.72 Å². The lowest BCUT2D eigenvalue weighted by Gasteiger charge is -2.16. The third kappa shape index (κ3) is 3.42. The van der Waals surface area contributed by atoms with Crippen molar-refractivity contribution in [3.05, 3.63) is 63.0 Å². The summed E-state index contributed by atoms with van der Waals surface area (Å²) in [6.45, 7) is 0. The number of nitrogens with zero attached hydrogens (tertiary/aromatic N) is 1. The fourth-order valence-corrected chi connectivity index (χ4v) is 5.63. The molecule has 0 unspecified atom stereocenters. The first-order chi connectivity index (χ1) is 13.8. The third-order valence-electron chi connectivity index (χ3n) is 5.45. The van der Waals surface area contributed by atoms with Gasteiger partial charge in [0.25, 0.3) is 0 Å². The first-order valence-corrected chi connectivity index (χ1v) is 11.4. The third-order valence-corrected chi connectivity index (χ3v) is 7.03. The van der Waals surface area contributed by atoms with Gasteiger partial charge in [0.15, 0.2) is 0 Å². The van der Waals surface area contributed by atoms with E-state index in [1.54, 1.807) is 11.3 Å². The molecule has 5 rings (SSSR count). The Kier molecular flexibility index (Phi) is 4.82. The van der Waals surface area contributed by atoms with E-state index in [-0.39, 0.29) is 6.03 Å². The van der Waals surface area contributed by atoms with E-state index in [1.807, 2.05) is 29.7 Å². The van der Waals surface area contributed by atoms with Crippen LogP contribution in [0.25, 0.3) is 16.3 Å². The molecule has 6 heteroatoms. The van der Waals surface area contributed by atoms with Crippen LogP contribution in [0.15, 0.2) is 35.7 Å². The largest absolute Gasteiger partial charge is 0.329 e. The van der Waals surface area contributed by atoms with Crippen LogP contribution >= 0.6 is 23.3 Å². The number of thiazole rings is 1. The van der Waals surface area contributed by atoms with E-state index >= 15 is 0 Å². The molecule has 0 fully saturated rings. The molecule has 1 aromatic heterocycles. The summed E-state index contributed by atoms with van der Waals surface area (Å²) in [5.41, 5.74) is 7.65. The highest BCUT2D eigenvalue weighted by Crippen LogP contribution is 2.38. The standard InChI is InChI=1S/C22H21N3OS2/c26-22(25-27-12-11-20-23-18-9-1-2-10-19(18)28-20)24-21-16-7-3-5-14(16)13-15-6-4-8-17(15)21/h1-2,9-13H,3-8H2,(H2,24,25,26)/b12-11+. The van der Waals surface area contributed by atoms with E-state index in [0.717, 1.165) is 41.9 Å². The fourth-order valence-electron chi connectivity index (χ4n) is 4.25. The van der Waals surface area contributed by atoms with E-state index in [9.17, 15) is 4.79 Å². The number of carbonyl (C=O) groups excluding carboxylic acids is 1. The van der Waals surface area contributed by atoms with Gasteiger partial charge in [0.1, 0.15) is 5.01 Å². The molecule has 0 saturated heterocycles. The summed E-state index contributed by atoms with van der Waals surface area (Å²) in [5, 5.41) is 5.96. The first kappa shape index (κ1) is 17.8. The molecule has 0 bridgehead atoms. The van der Waals surface area contributed by atoms with Crippen LogP contribution in [-0.2, 0) is 25.7 Å². The number of anilines is 1. The number of hydrogen-bond acceptors (Lipinski definition) is 4. The lowest BCUT2D eigenvalue weighted by molar-refractivity contribution is 0.257. The number of para-hydroxylation sites is 1. The fraction of sp³-hybridized carbons (Fsp3) is 0.273. The van der Waals surface area contributed by atoms with Crippen LogP contribution in [0.1, 0.15) is 40.1 Å². The van der Waals surface area contributed by atoms with Crippen LogP contribution in [0, 0.1) is 0 Å².